The Morgan fingerprint density at radius 1 is 1.22 bits per heavy atom. The number of benzene rings is 1. The van der Waals surface area contributed by atoms with E-state index in [1.165, 1.54) is 0 Å². The van der Waals surface area contributed by atoms with Crippen molar-refractivity contribution in [2.24, 2.45) is 5.10 Å². The Bertz CT molecular complexity index is 552. The Morgan fingerprint density at radius 3 is 2.67 bits per heavy atom. The zero-order valence-electron chi connectivity index (χ0n) is 9.87. The lowest BCUT2D eigenvalue weighted by molar-refractivity contribution is 0.0955. The number of carbonyl (C=O) groups excluding carboxylic acids is 1. The van der Waals surface area contributed by atoms with Gasteiger partial charge in [0, 0.05) is 18.0 Å². The lowest BCUT2D eigenvalue weighted by Crippen LogP contribution is -2.19. The Kier molecular flexibility index (Phi) is 3.76. The monoisotopic (exact) mass is 240 g/mol. The van der Waals surface area contributed by atoms with Gasteiger partial charge in [0.1, 0.15) is 5.69 Å². The number of hydrazone groups is 1. The average Bonchev–Trinajstić information content (AvgIpc) is 2.46. The number of rotatable bonds is 3. The molecule has 2 rings (SSSR count). The number of nitrogens with one attached hydrogen (secondary N) is 1. The summed E-state index contributed by atoms with van der Waals surface area (Å²) < 4.78 is 0. The summed E-state index contributed by atoms with van der Waals surface area (Å²) in [5.41, 5.74) is 4.28. The van der Waals surface area contributed by atoms with Crippen LogP contribution in [-0.2, 0) is 0 Å². The van der Waals surface area contributed by atoms with Crippen molar-refractivity contribution >= 4 is 11.6 Å². The minimum Gasteiger partial charge on any atom is -0.267 e. The zero-order valence-corrected chi connectivity index (χ0v) is 9.87. The van der Waals surface area contributed by atoms with E-state index in [-0.39, 0.29) is 5.91 Å². The van der Waals surface area contributed by atoms with Gasteiger partial charge in [-0.1, -0.05) is 18.2 Å². The normalized spacial score (nSPS) is 11.1. The van der Waals surface area contributed by atoms with Crippen LogP contribution in [0.4, 0.5) is 0 Å². The zero-order chi connectivity index (χ0) is 12.8. The molecule has 0 saturated carbocycles. The topological polar surface area (TPSA) is 67.2 Å². The fraction of sp³-hybridized carbons (Fsp3) is 0.0769. The van der Waals surface area contributed by atoms with E-state index in [0.29, 0.717) is 17.0 Å². The first-order valence-electron chi connectivity index (χ1n) is 5.43. The minimum absolute atomic E-state index is 0.251. The maximum absolute atomic E-state index is 11.7. The van der Waals surface area contributed by atoms with Crippen molar-refractivity contribution in [3.05, 3.63) is 60.2 Å². The predicted octanol–water partition coefficient (Wildman–Crippen LogP) is 1.63. The first-order chi connectivity index (χ1) is 8.77. The van der Waals surface area contributed by atoms with Gasteiger partial charge in [-0.05, 0) is 19.1 Å². The summed E-state index contributed by atoms with van der Waals surface area (Å²) in [6.45, 7) is 1.76. The summed E-state index contributed by atoms with van der Waals surface area (Å²) in [4.78, 5) is 19.7. The van der Waals surface area contributed by atoms with Gasteiger partial charge in [0.2, 0.25) is 0 Å². The molecule has 18 heavy (non-hydrogen) atoms. The van der Waals surface area contributed by atoms with E-state index in [9.17, 15) is 4.79 Å². The van der Waals surface area contributed by atoms with Gasteiger partial charge >= 0.3 is 0 Å². The van der Waals surface area contributed by atoms with Gasteiger partial charge in [0.15, 0.2) is 0 Å². The largest absolute Gasteiger partial charge is 0.271 e. The average molecular weight is 240 g/mol. The summed E-state index contributed by atoms with van der Waals surface area (Å²) in [6, 6.07) is 8.90. The molecule has 0 fully saturated rings. The maximum Gasteiger partial charge on any atom is 0.271 e. The van der Waals surface area contributed by atoms with Crippen LogP contribution in [0.5, 0.6) is 0 Å². The van der Waals surface area contributed by atoms with Gasteiger partial charge in [-0.2, -0.15) is 5.10 Å². The summed E-state index contributed by atoms with van der Waals surface area (Å²) in [5.74, 6) is -0.251. The van der Waals surface area contributed by atoms with Gasteiger partial charge in [0.25, 0.3) is 5.91 Å². The Labute approximate surface area is 105 Å². The molecule has 1 N–H and O–H groups in total. The molecule has 0 atom stereocenters. The van der Waals surface area contributed by atoms with Crippen LogP contribution in [0.2, 0.25) is 0 Å². The van der Waals surface area contributed by atoms with Crippen molar-refractivity contribution in [1.82, 2.24) is 15.4 Å². The van der Waals surface area contributed by atoms with E-state index in [2.05, 4.69) is 20.5 Å². The quantitative estimate of drug-likeness (QED) is 0.655. The third-order valence-corrected chi connectivity index (χ3v) is 2.29. The molecule has 5 nitrogen and oxygen atoms in total. The SMILES string of the molecule is C/C(=N\NC(=O)c1ccccc1)c1cnccn1. The highest BCUT2D eigenvalue weighted by Gasteiger charge is 2.03. The molecule has 5 heteroatoms. The summed E-state index contributed by atoms with van der Waals surface area (Å²) >= 11 is 0. The molecule has 0 aliphatic heterocycles. The predicted molar refractivity (Wildman–Crippen MR) is 68.2 cm³/mol. The molecule has 0 spiro atoms. The van der Waals surface area contributed by atoms with Crippen molar-refractivity contribution < 1.29 is 4.79 Å². The molecule has 2 aromatic rings. The molecule has 0 unspecified atom stereocenters. The highest BCUT2D eigenvalue weighted by Crippen LogP contribution is 1.98. The molecule has 1 amide bonds. The van der Waals surface area contributed by atoms with Crippen molar-refractivity contribution in [2.75, 3.05) is 0 Å². The Hall–Kier alpha value is -2.56. The van der Waals surface area contributed by atoms with Crippen LogP contribution in [0.15, 0.2) is 54.0 Å². The van der Waals surface area contributed by atoms with Gasteiger partial charge < -0.3 is 0 Å². The van der Waals surface area contributed by atoms with Gasteiger partial charge in [-0.25, -0.2) is 5.43 Å². The molecule has 0 aliphatic rings. The van der Waals surface area contributed by atoms with E-state index in [4.69, 9.17) is 0 Å². The Balaban J connectivity index is 2.05. The van der Waals surface area contributed by atoms with Gasteiger partial charge in [-0.15, -0.1) is 0 Å². The molecule has 0 bridgehead atoms. The van der Waals surface area contributed by atoms with Crippen LogP contribution in [0.3, 0.4) is 0 Å². The summed E-state index contributed by atoms with van der Waals surface area (Å²) in [6.07, 6.45) is 4.75. The number of amides is 1. The first kappa shape index (κ1) is 11.9. The molecule has 1 aromatic heterocycles. The van der Waals surface area contributed by atoms with Crippen LogP contribution in [-0.4, -0.2) is 21.6 Å². The van der Waals surface area contributed by atoms with Crippen molar-refractivity contribution in [3.63, 3.8) is 0 Å². The Morgan fingerprint density at radius 2 is 2.00 bits per heavy atom. The minimum atomic E-state index is -0.251. The summed E-state index contributed by atoms with van der Waals surface area (Å²) in [5, 5.41) is 3.99. The standard InChI is InChI=1S/C13H12N4O/c1-10(12-9-14-7-8-15-12)16-17-13(18)11-5-3-2-4-6-11/h2-9H,1H3,(H,17,18)/b16-10+. The number of hydrogen-bond acceptors (Lipinski definition) is 4. The second-order valence-electron chi connectivity index (χ2n) is 3.59. The number of aromatic nitrogens is 2. The van der Waals surface area contributed by atoms with Crippen molar-refractivity contribution in [2.45, 2.75) is 6.92 Å². The fourth-order valence-electron chi connectivity index (χ4n) is 1.33. The van der Waals surface area contributed by atoms with Crippen LogP contribution in [0, 0.1) is 0 Å². The smallest absolute Gasteiger partial charge is 0.267 e. The highest BCUT2D eigenvalue weighted by molar-refractivity contribution is 5.99. The van der Waals surface area contributed by atoms with Crippen LogP contribution >= 0.6 is 0 Å². The maximum atomic E-state index is 11.7. The van der Waals surface area contributed by atoms with Crippen LogP contribution in [0.1, 0.15) is 23.0 Å². The lowest BCUT2D eigenvalue weighted by Gasteiger charge is -2.01. The molecule has 90 valence electrons. The van der Waals surface area contributed by atoms with Crippen LogP contribution in [0.25, 0.3) is 0 Å². The molecule has 1 heterocycles. The molecule has 0 aliphatic carbocycles. The number of nitrogens with zero attached hydrogens (tertiary/aromatic N) is 3. The molecule has 1 aromatic carbocycles. The van der Waals surface area contributed by atoms with E-state index < -0.39 is 0 Å². The van der Waals surface area contributed by atoms with Crippen LogP contribution < -0.4 is 5.43 Å². The van der Waals surface area contributed by atoms with Crippen molar-refractivity contribution in [1.29, 1.82) is 0 Å². The van der Waals surface area contributed by atoms with Crippen molar-refractivity contribution in [3.8, 4) is 0 Å². The number of hydrogen-bond donors (Lipinski definition) is 1. The lowest BCUT2D eigenvalue weighted by atomic mass is 10.2. The third-order valence-electron chi connectivity index (χ3n) is 2.29. The van der Waals surface area contributed by atoms with E-state index >= 15 is 0 Å². The summed E-state index contributed by atoms with van der Waals surface area (Å²) in [7, 11) is 0. The fourth-order valence-corrected chi connectivity index (χ4v) is 1.33. The van der Waals surface area contributed by atoms with E-state index in [1.54, 1.807) is 49.8 Å². The van der Waals surface area contributed by atoms with Gasteiger partial charge in [-0.3, -0.25) is 14.8 Å². The molecular formula is C13H12N4O. The molecular weight excluding hydrogens is 228 g/mol. The second kappa shape index (κ2) is 5.67. The number of carbonyl (C=O) groups is 1. The van der Waals surface area contributed by atoms with E-state index in [1.807, 2.05) is 6.07 Å². The first-order valence-corrected chi connectivity index (χ1v) is 5.43. The molecule has 0 radical (unpaired) electrons. The second-order valence-corrected chi connectivity index (χ2v) is 3.59. The van der Waals surface area contributed by atoms with E-state index in [0.717, 1.165) is 0 Å². The third kappa shape index (κ3) is 2.98. The van der Waals surface area contributed by atoms with Gasteiger partial charge in [0.05, 0.1) is 11.9 Å². The highest BCUT2D eigenvalue weighted by atomic mass is 16.2. The molecule has 0 saturated heterocycles.